The van der Waals surface area contributed by atoms with E-state index in [0.717, 1.165) is 5.56 Å². The van der Waals surface area contributed by atoms with Crippen molar-refractivity contribution in [1.29, 1.82) is 0 Å². The molecule has 1 rings (SSSR count). The van der Waals surface area contributed by atoms with Crippen LogP contribution in [0.5, 0.6) is 5.88 Å². The van der Waals surface area contributed by atoms with Gasteiger partial charge in [-0.25, -0.2) is 9.98 Å². The topological polar surface area (TPSA) is 72.5 Å². The summed E-state index contributed by atoms with van der Waals surface area (Å²) < 4.78 is 5.41. The number of nitrogens with zero attached hydrogens (tertiary/aromatic N) is 2. The predicted octanol–water partition coefficient (Wildman–Crippen LogP) is 1.91. The average molecular weight is 364 g/mol. The maximum Gasteiger partial charge on any atom is 0.218 e. The van der Waals surface area contributed by atoms with Gasteiger partial charge in [-0.05, 0) is 26.8 Å². The van der Waals surface area contributed by atoms with Crippen LogP contribution in [-0.4, -0.2) is 23.6 Å². The molecule has 1 aromatic heterocycles. The fourth-order valence-electron chi connectivity index (χ4n) is 1.32. The minimum Gasteiger partial charge on any atom is -0.478 e. The molecule has 3 N–H and O–H groups in total. The lowest BCUT2D eigenvalue weighted by Crippen LogP contribution is -2.36. The van der Waals surface area contributed by atoms with Crippen molar-refractivity contribution in [3.63, 3.8) is 0 Å². The van der Waals surface area contributed by atoms with Crippen LogP contribution in [0.3, 0.4) is 0 Å². The summed E-state index contributed by atoms with van der Waals surface area (Å²) in [5.41, 5.74) is 6.66. The second kappa shape index (κ2) is 8.96. The van der Waals surface area contributed by atoms with E-state index in [0.29, 0.717) is 25.0 Å². The minimum atomic E-state index is 0. The Morgan fingerprint density at radius 1 is 1.56 bits per heavy atom. The van der Waals surface area contributed by atoms with Crippen LogP contribution in [0.2, 0.25) is 0 Å². The molecule has 0 radical (unpaired) electrons. The Morgan fingerprint density at radius 2 is 2.28 bits per heavy atom. The van der Waals surface area contributed by atoms with E-state index in [2.05, 4.69) is 15.3 Å². The highest BCUT2D eigenvalue weighted by molar-refractivity contribution is 14.0. The molecule has 0 saturated carbocycles. The van der Waals surface area contributed by atoms with Crippen LogP contribution in [0.25, 0.3) is 0 Å². The number of aromatic nitrogens is 1. The van der Waals surface area contributed by atoms with Crippen molar-refractivity contribution in [1.82, 2.24) is 10.3 Å². The predicted molar refractivity (Wildman–Crippen MR) is 84.4 cm³/mol. The van der Waals surface area contributed by atoms with Crippen LogP contribution in [0.4, 0.5) is 0 Å². The summed E-state index contributed by atoms with van der Waals surface area (Å²) in [7, 11) is 0. The molecule has 6 heteroatoms. The van der Waals surface area contributed by atoms with Gasteiger partial charge >= 0.3 is 0 Å². The summed E-state index contributed by atoms with van der Waals surface area (Å²) in [6.07, 6.45) is 1.70. The molecule has 0 aromatic carbocycles. The van der Waals surface area contributed by atoms with Gasteiger partial charge in [-0.1, -0.05) is 6.07 Å². The zero-order valence-electron chi connectivity index (χ0n) is 11.0. The Balaban J connectivity index is 0.00000289. The van der Waals surface area contributed by atoms with E-state index < -0.39 is 0 Å². The summed E-state index contributed by atoms with van der Waals surface area (Å²) in [6, 6.07) is 4.07. The Labute approximate surface area is 125 Å². The largest absolute Gasteiger partial charge is 0.478 e. The van der Waals surface area contributed by atoms with E-state index in [4.69, 9.17) is 10.5 Å². The molecule has 5 nitrogen and oxygen atoms in total. The fraction of sp³-hybridized carbons (Fsp3) is 0.500. The van der Waals surface area contributed by atoms with Gasteiger partial charge in [0.2, 0.25) is 5.88 Å². The number of hydrogen-bond acceptors (Lipinski definition) is 3. The minimum absolute atomic E-state index is 0. The Hall–Kier alpha value is -1.05. The first-order chi connectivity index (χ1) is 8.13. The molecule has 18 heavy (non-hydrogen) atoms. The van der Waals surface area contributed by atoms with Gasteiger partial charge in [0, 0.05) is 17.8 Å². The normalized spacial score (nSPS) is 11.0. The second-order valence-electron chi connectivity index (χ2n) is 3.90. The molecule has 0 bridgehead atoms. The molecule has 0 aliphatic rings. The van der Waals surface area contributed by atoms with Gasteiger partial charge in [0.05, 0.1) is 13.2 Å². The van der Waals surface area contributed by atoms with Crippen LogP contribution in [0.15, 0.2) is 23.3 Å². The van der Waals surface area contributed by atoms with E-state index in [1.165, 1.54) is 0 Å². The summed E-state index contributed by atoms with van der Waals surface area (Å²) in [5, 5.41) is 3.03. The van der Waals surface area contributed by atoms with Crippen molar-refractivity contribution in [3.05, 3.63) is 23.9 Å². The van der Waals surface area contributed by atoms with Crippen molar-refractivity contribution in [3.8, 4) is 5.88 Å². The molecular formula is C12H21IN4O. The van der Waals surface area contributed by atoms with Crippen LogP contribution < -0.4 is 15.8 Å². The lowest BCUT2D eigenvalue weighted by Gasteiger charge is -2.09. The molecule has 0 aliphatic carbocycles. The third-order valence-corrected chi connectivity index (χ3v) is 1.99. The third kappa shape index (κ3) is 6.04. The number of pyridine rings is 1. The third-order valence-electron chi connectivity index (χ3n) is 1.99. The second-order valence-corrected chi connectivity index (χ2v) is 3.90. The first kappa shape index (κ1) is 16.9. The van der Waals surface area contributed by atoms with Gasteiger partial charge in [-0.2, -0.15) is 0 Å². The highest BCUT2D eigenvalue weighted by atomic mass is 127. The molecule has 0 unspecified atom stereocenters. The highest BCUT2D eigenvalue weighted by Crippen LogP contribution is 2.14. The van der Waals surface area contributed by atoms with Crippen molar-refractivity contribution in [2.45, 2.75) is 33.4 Å². The van der Waals surface area contributed by atoms with Crippen LogP contribution in [0, 0.1) is 0 Å². The number of aliphatic imine (C=N–C) groups is 1. The van der Waals surface area contributed by atoms with Crippen molar-refractivity contribution >= 4 is 29.9 Å². The number of ether oxygens (including phenoxy) is 1. The van der Waals surface area contributed by atoms with Gasteiger partial charge in [0.1, 0.15) is 0 Å². The number of rotatable bonds is 5. The molecule has 0 atom stereocenters. The molecule has 0 saturated heterocycles. The summed E-state index contributed by atoms with van der Waals surface area (Å²) in [5.74, 6) is 1.06. The average Bonchev–Trinajstić information content (AvgIpc) is 2.27. The number of hydrogen-bond donors (Lipinski definition) is 2. The molecule has 1 heterocycles. The van der Waals surface area contributed by atoms with Crippen LogP contribution in [-0.2, 0) is 6.54 Å². The van der Waals surface area contributed by atoms with E-state index >= 15 is 0 Å². The molecule has 0 aliphatic heterocycles. The Kier molecular flexibility index (Phi) is 8.43. The SMILES string of the molecule is CCOc1ncccc1CN=C(N)NC(C)C.I. The number of guanidine groups is 1. The molecule has 0 spiro atoms. The maximum atomic E-state index is 5.72. The number of nitrogens with one attached hydrogen (secondary N) is 1. The van der Waals surface area contributed by atoms with Gasteiger partial charge in [0.15, 0.2) is 5.96 Å². The highest BCUT2D eigenvalue weighted by Gasteiger charge is 2.03. The smallest absolute Gasteiger partial charge is 0.218 e. The lowest BCUT2D eigenvalue weighted by atomic mass is 10.3. The summed E-state index contributed by atoms with van der Waals surface area (Å²) >= 11 is 0. The van der Waals surface area contributed by atoms with Gasteiger partial charge in [-0.15, -0.1) is 24.0 Å². The zero-order valence-corrected chi connectivity index (χ0v) is 13.3. The van der Waals surface area contributed by atoms with Crippen molar-refractivity contribution in [2.24, 2.45) is 10.7 Å². The Bertz CT molecular complexity index is 382. The fourth-order valence-corrected chi connectivity index (χ4v) is 1.32. The summed E-state index contributed by atoms with van der Waals surface area (Å²) in [6.45, 7) is 7.01. The van der Waals surface area contributed by atoms with Crippen molar-refractivity contribution < 1.29 is 4.74 Å². The lowest BCUT2D eigenvalue weighted by molar-refractivity contribution is 0.323. The number of halogens is 1. The van der Waals surface area contributed by atoms with Gasteiger partial charge in [0.25, 0.3) is 0 Å². The molecular weight excluding hydrogens is 343 g/mol. The Morgan fingerprint density at radius 3 is 2.89 bits per heavy atom. The quantitative estimate of drug-likeness (QED) is 0.476. The van der Waals surface area contributed by atoms with Gasteiger partial charge in [-0.3, -0.25) is 0 Å². The van der Waals surface area contributed by atoms with Crippen LogP contribution >= 0.6 is 24.0 Å². The zero-order chi connectivity index (χ0) is 12.7. The van der Waals surface area contributed by atoms with Gasteiger partial charge < -0.3 is 15.8 Å². The molecule has 1 aromatic rings. The standard InChI is InChI=1S/C12H20N4O.HI/c1-4-17-11-10(6-5-7-14-11)8-15-12(13)16-9(2)3;/h5-7,9H,4,8H2,1-3H3,(H3,13,15,16);1H. The first-order valence-corrected chi connectivity index (χ1v) is 5.76. The van der Waals surface area contributed by atoms with E-state index in [1.807, 2.05) is 32.9 Å². The van der Waals surface area contributed by atoms with Crippen molar-refractivity contribution in [2.75, 3.05) is 6.61 Å². The molecule has 0 amide bonds. The molecule has 0 fully saturated rings. The maximum absolute atomic E-state index is 5.72. The van der Waals surface area contributed by atoms with E-state index in [9.17, 15) is 0 Å². The van der Waals surface area contributed by atoms with Crippen LogP contribution in [0.1, 0.15) is 26.3 Å². The van der Waals surface area contributed by atoms with E-state index in [1.54, 1.807) is 6.20 Å². The monoisotopic (exact) mass is 364 g/mol. The molecule has 102 valence electrons. The number of nitrogens with two attached hydrogens (primary N) is 1. The first-order valence-electron chi connectivity index (χ1n) is 5.76. The summed E-state index contributed by atoms with van der Waals surface area (Å²) in [4.78, 5) is 8.40. The van der Waals surface area contributed by atoms with E-state index in [-0.39, 0.29) is 30.0 Å².